The molecule has 5 heteroatoms. The van der Waals surface area contributed by atoms with Gasteiger partial charge < -0.3 is 14.8 Å². The Hall–Kier alpha value is -2.66. The van der Waals surface area contributed by atoms with Gasteiger partial charge in [-0.15, -0.1) is 0 Å². The summed E-state index contributed by atoms with van der Waals surface area (Å²) in [6, 6.07) is 16.1. The van der Waals surface area contributed by atoms with Crippen LogP contribution in [0.5, 0.6) is 0 Å². The predicted molar refractivity (Wildman–Crippen MR) is 85.1 cm³/mol. The summed E-state index contributed by atoms with van der Waals surface area (Å²) in [6.45, 7) is 0.101. The van der Waals surface area contributed by atoms with Crippen LogP contribution < -0.4 is 5.32 Å². The second-order valence-electron chi connectivity index (χ2n) is 5.29. The largest absolute Gasteiger partial charge is 0.516 e. The number of esters is 1. The highest BCUT2D eigenvalue weighted by molar-refractivity contribution is 5.83. The molecule has 1 N–H and O–H groups in total. The number of likely N-dealkylation sites (N-methyl/N-ethyl adjacent to an activating group) is 1. The molecule has 0 unspecified atom stereocenters. The Morgan fingerprint density at radius 1 is 1.00 bits per heavy atom. The van der Waals surface area contributed by atoms with E-state index in [4.69, 9.17) is 4.74 Å². The van der Waals surface area contributed by atoms with Gasteiger partial charge >= 0.3 is 12.1 Å². The topological polar surface area (TPSA) is 64.6 Å². The molecule has 1 aliphatic carbocycles. The standard InChI is InChI=1S/C18H17NO4/c1-19-10-17(20)23-18(21)22-11-16-14-8-4-2-6-12(14)13-7-3-5-9-15(13)16/h2-9,16,19H,10-11H2,1H3. The second-order valence-corrected chi connectivity index (χ2v) is 5.29. The summed E-state index contributed by atoms with van der Waals surface area (Å²) in [7, 11) is 1.60. The van der Waals surface area contributed by atoms with Crippen molar-refractivity contribution in [3.05, 3.63) is 59.7 Å². The molecular weight excluding hydrogens is 294 g/mol. The molecule has 23 heavy (non-hydrogen) atoms. The first-order valence-electron chi connectivity index (χ1n) is 7.41. The van der Waals surface area contributed by atoms with Crippen LogP contribution in [0.1, 0.15) is 17.0 Å². The van der Waals surface area contributed by atoms with Gasteiger partial charge in [0.25, 0.3) is 0 Å². The van der Waals surface area contributed by atoms with Crippen molar-refractivity contribution in [3.8, 4) is 11.1 Å². The van der Waals surface area contributed by atoms with Gasteiger partial charge in [0, 0.05) is 5.92 Å². The molecule has 0 amide bonds. The maximum absolute atomic E-state index is 11.6. The lowest BCUT2D eigenvalue weighted by atomic mass is 9.98. The SMILES string of the molecule is CNCC(=O)OC(=O)OCC1c2ccccc2-c2ccccc21. The zero-order valence-electron chi connectivity index (χ0n) is 12.7. The van der Waals surface area contributed by atoms with Gasteiger partial charge in [-0.1, -0.05) is 48.5 Å². The number of fused-ring (bicyclic) bond motifs is 3. The monoisotopic (exact) mass is 311 g/mol. The van der Waals surface area contributed by atoms with Gasteiger partial charge in [-0.2, -0.15) is 0 Å². The van der Waals surface area contributed by atoms with E-state index >= 15 is 0 Å². The first-order chi connectivity index (χ1) is 11.2. The fourth-order valence-corrected chi connectivity index (χ4v) is 2.89. The molecule has 2 aromatic carbocycles. The molecule has 0 bridgehead atoms. The van der Waals surface area contributed by atoms with Crippen LogP contribution in [0.25, 0.3) is 11.1 Å². The van der Waals surface area contributed by atoms with Gasteiger partial charge in [0.1, 0.15) is 6.61 Å². The molecule has 5 nitrogen and oxygen atoms in total. The second kappa shape index (κ2) is 6.62. The number of carbonyl (C=O) groups is 2. The van der Waals surface area contributed by atoms with Crippen LogP contribution in [0.2, 0.25) is 0 Å². The number of ether oxygens (including phenoxy) is 2. The van der Waals surface area contributed by atoms with Crippen LogP contribution in [0, 0.1) is 0 Å². The van der Waals surface area contributed by atoms with E-state index in [1.807, 2.05) is 36.4 Å². The van der Waals surface area contributed by atoms with Gasteiger partial charge in [-0.3, -0.25) is 4.79 Å². The highest BCUT2D eigenvalue weighted by atomic mass is 16.7. The minimum atomic E-state index is -0.966. The molecule has 118 valence electrons. The number of carbonyl (C=O) groups excluding carboxylic acids is 2. The predicted octanol–water partition coefficient (Wildman–Crippen LogP) is 2.70. The van der Waals surface area contributed by atoms with E-state index in [1.54, 1.807) is 7.05 Å². The van der Waals surface area contributed by atoms with Crippen molar-refractivity contribution in [1.29, 1.82) is 0 Å². The van der Waals surface area contributed by atoms with Crippen LogP contribution in [0.4, 0.5) is 4.79 Å². The van der Waals surface area contributed by atoms with E-state index in [9.17, 15) is 9.59 Å². The average Bonchev–Trinajstić information content (AvgIpc) is 2.87. The molecule has 0 heterocycles. The third kappa shape index (κ3) is 3.10. The van der Waals surface area contributed by atoms with Crippen molar-refractivity contribution in [1.82, 2.24) is 5.32 Å². The summed E-state index contributed by atoms with van der Waals surface area (Å²) in [5.74, 6) is -0.709. The van der Waals surface area contributed by atoms with Crippen LogP contribution in [0.3, 0.4) is 0 Å². The summed E-state index contributed by atoms with van der Waals surface area (Å²) in [6.07, 6.45) is -0.966. The molecular formula is C18H17NO4. The van der Waals surface area contributed by atoms with E-state index in [2.05, 4.69) is 22.2 Å². The lowest BCUT2D eigenvalue weighted by Crippen LogP contribution is -2.24. The fourth-order valence-electron chi connectivity index (χ4n) is 2.89. The molecule has 0 aliphatic heterocycles. The Morgan fingerprint density at radius 2 is 1.57 bits per heavy atom. The Bertz CT molecular complexity index is 696. The van der Waals surface area contributed by atoms with Crippen molar-refractivity contribution < 1.29 is 19.1 Å². The Kier molecular flexibility index (Phi) is 4.39. The fraction of sp³-hybridized carbons (Fsp3) is 0.222. The van der Waals surface area contributed by atoms with Crippen molar-refractivity contribution >= 4 is 12.1 Å². The zero-order valence-corrected chi connectivity index (χ0v) is 12.7. The maximum atomic E-state index is 11.6. The molecule has 0 saturated heterocycles. The van der Waals surface area contributed by atoms with Gasteiger partial charge in [0.05, 0.1) is 6.54 Å². The molecule has 0 fully saturated rings. The Labute approximate surface area is 134 Å². The summed E-state index contributed by atoms with van der Waals surface area (Å²) < 4.78 is 9.71. The summed E-state index contributed by atoms with van der Waals surface area (Å²) >= 11 is 0. The summed E-state index contributed by atoms with van der Waals surface area (Å²) in [5, 5.41) is 2.61. The normalized spacial score (nSPS) is 12.4. The lowest BCUT2D eigenvalue weighted by Gasteiger charge is -2.13. The summed E-state index contributed by atoms with van der Waals surface area (Å²) in [4.78, 5) is 22.9. The number of benzene rings is 2. The number of hydrogen-bond acceptors (Lipinski definition) is 5. The van der Waals surface area contributed by atoms with Crippen LogP contribution in [0.15, 0.2) is 48.5 Å². The number of rotatable bonds is 4. The maximum Gasteiger partial charge on any atom is 0.516 e. The molecule has 2 aromatic rings. The molecule has 0 atom stereocenters. The zero-order chi connectivity index (χ0) is 16.2. The summed E-state index contributed by atoms with van der Waals surface area (Å²) in [5.41, 5.74) is 4.53. The van der Waals surface area contributed by atoms with Gasteiger partial charge in [-0.25, -0.2) is 4.79 Å². The van der Waals surface area contributed by atoms with Crippen LogP contribution in [-0.2, 0) is 14.3 Å². The van der Waals surface area contributed by atoms with Crippen molar-refractivity contribution in [2.24, 2.45) is 0 Å². The van der Waals surface area contributed by atoms with E-state index in [-0.39, 0.29) is 19.1 Å². The first kappa shape index (κ1) is 15.2. The first-order valence-corrected chi connectivity index (χ1v) is 7.41. The van der Waals surface area contributed by atoms with Gasteiger partial charge in [0.2, 0.25) is 0 Å². The van der Waals surface area contributed by atoms with E-state index in [1.165, 1.54) is 0 Å². The smallest absolute Gasteiger partial charge is 0.433 e. The molecule has 0 radical (unpaired) electrons. The van der Waals surface area contributed by atoms with Crippen LogP contribution >= 0.6 is 0 Å². The quantitative estimate of drug-likeness (QED) is 0.695. The molecule has 0 spiro atoms. The van der Waals surface area contributed by atoms with Crippen molar-refractivity contribution in [2.75, 3.05) is 20.2 Å². The Balaban J connectivity index is 1.73. The van der Waals surface area contributed by atoms with Crippen molar-refractivity contribution in [2.45, 2.75) is 5.92 Å². The lowest BCUT2D eigenvalue weighted by molar-refractivity contribution is -0.138. The van der Waals surface area contributed by atoms with E-state index < -0.39 is 12.1 Å². The minimum absolute atomic E-state index is 0.0375. The van der Waals surface area contributed by atoms with Crippen molar-refractivity contribution in [3.63, 3.8) is 0 Å². The van der Waals surface area contributed by atoms with Gasteiger partial charge in [-0.05, 0) is 29.3 Å². The van der Waals surface area contributed by atoms with E-state index in [0.717, 1.165) is 22.3 Å². The minimum Gasteiger partial charge on any atom is -0.433 e. The average molecular weight is 311 g/mol. The Morgan fingerprint density at radius 3 is 2.13 bits per heavy atom. The highest BCUT2D eigenvalue weighted by Crippen LogP contribution is 2.44. The van der Waals surface area contributed by atoms with Crippen LogP contribution in [-0.4, -0.2) is 32.3 Å². The third-order valence-electron chi connectivity index (χ3n) is 3.85. The third-order valence-corrected chi connectivity index (χ3v) is 3.85. The van der Waals surface area contributed by atoms with E-state index in [0.29, 0.717) is 0 Å². The van der Waals surface area contributed by atoms with Gasteiger partial charge in [0.15, 0.2) is 0 Å². The molecule has 3 rings (SSSR count). The number of hydrogen-bond donors (Lipinski definition) is 1. The highest BCUT2D eigenvalue weighted by Gasteiger charge is 2.29. The molecule has 0 saturated carbocycles. The molecule has 1 aliphatic rings. The molecule has 0 aromatic heterocycles. The number of nitrogens with one attached hydrogen (secondary N) is 1.